The number of nitrogens with one attached hydrogen (secondary N) is 1. The van der Waals surface area contributed by atoms with Gasteiger partial charge < -0.3 is 15.8 Å². The third kappa shape index (κ3) is 3.98. The summed E-state index contributed by atoms with van der Waals surface area (Å²) in [4.78, 5) is 23.3. The summed E-state index contributed by atoms with van der Waals surface area (Å²) in [6.07, 6.45) is 2.75. The SMILES string of the molecule is COc1ccc(/C=C/C(=O)Nc2cccc(C(N)=O)c2C)cc1F. The first kappa shape index (κ1) is 17.2. The van der Waals surface area contributed by atoms with Crippen molar-refractivity contribution in [3.05, 3.63) is 65.0 Å². The molecule has 0 bridgehead atoms. The third-order valence-electron chi connectivity index (χ3n) is 3.46. The number of ether oxygens (including phenoxy) is 1. The highest BCUT2D eigenvalue weighted by Gasteiger charge is 2.09. The Hall–Kier alpha value is -3.15. The smallest absolute Gasteiger partial charge is 0.249 e. The van der Waals surface area contributed by atoms with E-state index in [1.54, 1.807) is 31.2 Å². The molecule has 2 aromatic rings. The second-order valence-electron chi connectivity index (χ2n) is 5.06. The Bertz CT molecular complexity index is 816. The molecule has 0 spiro atoms. The number of hydrogen-bond donors (Lipinski definition) is 2. The maximum atomic E-state index is 13.6. The zero-order valence-corrected chi connectivity index (χ0v) is 13.3. The van der Waals surface area contributed by atoms with Gasteiger partial charge in [0.05, 0.1) is 7.11 Å². The Morgan fingerprint density at radius 2 is 2.00 bits per heavy atom. The summed E-state index contributed by atoms with van der Waals surface area (Å²) in [7, 11) is 1.38. The average Bonchev–Trinajstić information content (AvgIpc) is 2.54. The van der Waals surface area contributed by atoms with Crippen LogP contribution < -0.4 is 15.8 Å². The number of nitrogens with two attached hydrogens (primary N) is 1. The molecule has 3 N–H and O–H groups in total. The number of carbonyl (C=O) groups is 2. The van der Waals surface area contributed by atoms with Crippen LogP contribution in [0, 0.1) is 12.7 Å². The summed E-state index contributed by atoms with van der Waals surface area (Å²) < 4.78 is 18.4. The molecule has 0 aliphatic heterocycles. The van der Waals surface area contributed by atoms with Crippen LogP contribution in [0.4, 0.5) is 10.1 Å². The molecule has 0 radical (unpaired) electrons. The number of carbonyl (C=O) groups excluding carboxylic acids is 2. The summed E-state index contributed by atoms with van der Waals surface area (Å²) in [6.45, 7) is 1.69. The van der Waals surface area contributed by atoms with Crippen LogP contribution in [0.15, 0.2) is 42.5 Å². The van der Waals surface area contributed by atoms with E-state index in [0.29, 0.717) is 22.4 Å². The van der Waals surface area contributed by atoms with Gasteiger partial charge in [-0.15, -0.1) is 0 Å². The molecule has 0 aromatic heterocycles. The van der Waals surface area contributed by atoms with Gasteiger partial charge in [0.1, 0.15) is 0 Å². The van der Waals surface area contributed by atoms with Gasteiger partial charge in [-0.2, -0.15) is 0 Å². The number of benzene rings is 2. The van der Waals surface area contributed by atoms with Gasteiger partial charge in [0.15, 0.2) is 11.6 Å². The summed E-state index contributed by atoms with van der Waals surface area (Å²) in [6, 6.07) is 9.26. The molecule has 0 unspecified atom stereocenters. The molecule has 0 saturated carbocycles. The normalized spacial score (nSPS) is 10.6. The van der Waals surface area contributed by atoms with Crippen LogP contribution in [0.2, 0.25) is 0 Å². The number of primary amides is 1. The van der Waals surface area contributed by atoms with E-state index in [1.165, 1.54) is 31.4 Å². The molecule has 2 rings (SSSR count). The molecule has 0 atom stereocenters. The Morgan fingerprint density at radius 1 is 1.25 bits per heavy atom. The lowest BCUT2D eigenvalue weighted by Gasteiger charge is -2.09. The van der Waals surface area contributed by atoms with Crippen LogP contribution >= 0.6 is 0 Å². The van der Waals surface area contributed by atoms with Crippen molar-refractivity contribution in [2.24, 2.45) is 5.73 Å². The van der Waals surface area contributed by atoms with Crippen molar-refractivity contribution >= 4 is 23.6 Å². The maximum Gasteiger partial charge on any atom is 0.249 e. The van der Waals surface area contributed by atoms with Crippen molar-refractivity contribution in [1.82, 2.24) is 0 Å². The molecule has 2 aromatic carbocycles. The lowest BCUT2D eigenvalue weighted by Crippen LogP contribution is -2.15. The molecule has 24 heavy (non-hydrogen) atoms. The number of amides is 2. The minimum Gasteiger partial charge on any atom is -0.494 e. The molecule has 5 nitrogen and oxygen atoms in total. The lowest BCUT2D eigenvalue weighted by molar-refractivity contribution is -0.111. The third-order valence-corrected chi connectivity index (χ3v) is 3.46. The fourth-order valence-corrected chi connectivity index (χ4v) is 2.17. The van der Waals surface area contributed by atoms with Gasteiger partial charge in [-0.3, -0.25) is 9.59 Å². The van der Waals surface area contributed by atoms with E-state index in [0.717, 1.165) is 0 Å². The molecule has 0 heterocycles. The van der Waals surface area contributed by atoms with Crippen LogP contribution in [0.5, 0.6) is 5.75 Å². The van der Waals surface area contributed by atoms with E-state index in [-0.39, 0.29) is 5.75 Å². The van der Waals surface area contributed by atoms with Gasteiger partial charge in [0, 0.05) is 17.3 Å². The first-order valence-corrected chi connectivity index (χ1v) is 7.14. The zero-order chi connectivity index (χ0) is 17.7. The lowest BCUT2D eigenvalue weighted by atomic mass is 10.1. The fraction of sp³-hybridized carbons (Fsp3) is 0.111. The molecular weight excluding hydrogens is 311 g/mol. The first-order valence-electron chi connectivity index (χ1n) is 7.14. The fourth-order valence-electron chi connectivity index (χ4n) is 2.17. The van der Waals surface area contributed by atoms with Crippen molar-refractivity contribution in [2.45, 2.75) is 6.92 Å². The van der Waals surface area contributed by atoms with Crippen molar-refractivity contribution < 1.29 is 18.7 Å². The van der Waals surface area contributed by atoms with E-state index in [4.69, 9.17) is 10.5 Å². The van der Waals surface area contributed by atoms with Gasteiger partial charge in [-0.1, -0.05) is 12.1 Å². The Morgan fingerprint density at radius 3 is 2.62 bits per heavy atom. The van der Waals surface area contributed by atoms with Gasteiger partial charge in [0.2, 0.25) is 11.8 Å². The topological polar surface area (TPSA) is 81.4 Å². The molecule has 2 amide bonds. The van der Waals surface area contributed by atoms with Gasteiger partial charge in [0.25, 0.3) is 0 Å². The highest BCUT2D eigenvalue weighted by Crippen LogP contribution is 2.20. The number of hydrogen-bond acceptors (Lipinski definition) is 3. The molecule has 0 aliphatic rings. The minimum absolute atomic E-state index is 0.135. The highest BCUT2D eigenvalue weighted by atomic mass is 19.1. The first-order chi connectivity index (χ1) is 11.4. The van der Waals surface area contributed by atoms with Crippen molar-refractivity contribution in [3.8, 4) is 5.75 Å². The number of methoxy groups -OCH3 is 1. The van der Waals surface area contributed by atoms with Gasteiger partial charge in [-0.05, 0) is 48.4 Å². The van der Waals surface area contributed by atoms with Crippen LogP contribution in [-0.2, 0) is 4.79 Å². The van der Waals surface area contributed by atoms with Crippen LogP contribution in [0.25, 0.3) is 6.08 Å². The van der Waals surface area contributed by atoms with Crippen LogP contribution in [-0.4, -0.2) is 18.9 Å². The second kappa shape index (κ2) is 7.41. The number of rotatable bonds is 5. The average molecular weight is 328 g/mol. The standard InChI is InChI=1S/C18H17FN2O3/c1-11-13(18(20)23)4-3-5-15(11)21-17(22)9-7-12-6-8-16(24-2)14(19)10-12/h3-10H,1-2H3,(H2,20,23)(H,21,22)/b9-7+. The number of anilines is 1. The number of halogens is 1. The summed E-state index contributed by atoms with van der Waals surface area (Å²) >= 11 is 0. The molecule has 124 valence electrons. The van der Waals surface area contributed by atoms with Crippen LogP contribution in [0.3, 0.4) is 0 Å². The minimum atomic E-state index is -0.562. The van der Waals surface area contributed by atoms with Gasteiger partial charge in [-0.25, -0.2) is 4.39 Å². The van der Waals surface area contributed by atoms with E-state index in [1.807, 2.05) is 0 Å². The maximum absolute atomic E-state index is 13.6. The van der Waals surface area contributed by atoms with Gasteiger partial charge >= 0.3 is 0 Å². The second-order valence-corrected chi connectivity index (χ2v) is 5.06. The summed E-state index contributed by atoms with van der Waals surface area (Å²) in [5.41, 5.74) is 7.21. The Labute approximate surface area is 138 Å². The van der Waals surface area contributed by atoms with Crippen molar-refractivity contribution in [2.75, 3.05) is 12.4 Å². The van der Waals surface area contributed by atoms with E-state index in [2.05, 4.69) is 5.32 Å². The molecule has 0 saturated heterocycles. The monoisotopic (exact) mass is 328 g/mol. The molecule has 6 heteroatoms. The summed E-state index contributed by atoms with van der Waals surface area (Å²) in [5, 5.41) is 2.66. The molecular formula is C18H17FN2O3. The highest BCUT2D eigenvalue weighted by molar-refractivity contribution is 6.04. The van der Waals surface area contributed by atoms with E-state index in [9.17, 15) is 14.0 Å². The quantitative estimate of drug-likeness (QED) is 0.828. The zero-order valence-electron chi connectivity index (χ0n) is 13.3. The van der Waals surface area contributed by atoms with E-state index >= 15 is 0 Å². The van der Waals surface area contributed by atoms with Crippen molar-refractivity contribution in [1.29, 1.82) is 0 Å². The Balaban J connectivity index is 2.12. The van der Waals surface area contributed by atoms with Crippen LogP contribution in [0.1, 0.15) is 21.5 Å². The Kier molecular flexibility index (Phi) is 5.31. The predicted octanol–water partition coefficient (Wildman–Crippen LogP) is 2.89. The van der Waals surface area contributed by atoms with E-state index < -0.39 is 17.6 Å². The summed E-state index contributed by atoms with van der Waals surface area (Å²) in [5.74, 6) is -1.34. The largest absolute Gasteiger partial charge is 0.494 e. The molecule has 0 aliphatic carbocycles. The molecule has 0 fully saturated rings. The predicted molar refractivity (Wildman–Crippen MR) is 90.3 cm³/mol. The van der Waals surface area contributed by atoms with Crippen molar-refractivity contribution in [3.63, 3.8) is 0 Å².